The Morgan fingerprint density at radius 3 is 2.71 bits per heavy atom. The van der Waals surface area contributed by atoms with E-state index in [4.69, 9.17) is 4.74 Å². The predicted octanol–water partition coefficient (Wildman–Crippen LogP) is 4.56. The van der Waals surface area contributed by atoms with E-state index < -0.39 is 0 Å². The molecule has 0 aliphatic carbocycles. The van der Waals surface area contributed by atoms with E-state index in [1.54, 1.807) is 13.2 Å². The third-order valence-electron chi connectivity index (χ3n) is 4.31. The van der Waals surface area contributed by atoms with Crippen molar-refractivity contribution in [1.82, 2.24) is 4.90 Å². The Hall–Kier alpha value is -1.91. The third-order valence-corrected chi connectivity index (χ3v) is 5.32. The molecule has 0 atom stereocenters. The molecule has 0 N–H and O–H groups in total. The molecule has 1 aliphatic heterocycles. The zero-order chi connectivity index (χ0) is 16.9. The fourth-order valence-electron chi connectivity index (χ4n) is 3.03. The summed E-state index contributed by atoms with van der Waals surface area (Å²) in [4.78, 5) is 16.6. The van der Waals surface area contributed by atoms with Gasteiger partial charge < -0.3 is 4.74 Å². The molecule has 0 amide bonds. The summed E-state index contributed by atoms with van der Waals surface area (Å²) in [6.45, 7) is 5.22. The minimum Gasteiger partial charge on any atom is -0.496 e. The molecule has 24 heavy (non-hydrogen) atoms. The van der Waals surface area contributed by atoms with Crippen LogP contribution in [0, 0.1) is 6.92 Å². The van der Waals surface area contributed by atoms with E-state index in [9.17, 15) is 4.79 Å². The second kappa shape index (κ2) is 7.77. The van der Waals surface area contributed by atoms with E-state index in [2.05, 4.69) is 11.0 Å². The van der Waals surface area contributed by atoms with Crippen LogP contribution in [0.5, 0.6) is 5.75 Å². The van der Waals surface area contributed by atoms with Crippen molar-refractivity contribution in [2.24, 2.45) is 0 Å². The van der Waals surface area contributed by atoms with Gasteiger partial charge in [0.05, 0.1) is 12.0 Å². The summed E-state index contributed by atoms with van der Waals surface area (Å²) < 4.78 is 5.49. The fraction of sp³-hybridized carbons (Fsp3) is 0.350. The van der Waals surface area contributed by atoms with Crippen molar-refractivity contribution in [3.8, 4) is 5.75 Å². The summed E-state index contributed by atoms with van der Waals surface area (Å²) in [5.41, 5.74) is 2.22. The highest BCUT2D eigenvalue weighted by atomic mass is 32.1. The number of aryl methyl sites for hydroxylation is 1. The smallest absolute Gasteiger partial charge is 0.195 e. The van der Waals surface area contributed by atoms with E-state index in [0.29, 0.717) is 0 Å². The number of hydrogen-bond donors (Lipinski definition) is 0. The molecule has 1 saturated heterocycles. The van der Waals surface area contributed by atoms with Crippen molar-refractivity contribution in [3.05, 3.63) is 57.3 Å². The zero-order valence-electron chi connectivity index (χ0n) is 14.2. The number of methoxy groups -OCH3 is 1. The van der Waals surface area contributed by atoms with Crippen LogP contribution in [0.3, 0.4) is 0 Å². The number of thiophene rings is 1. The van der Waals surface area contributed by atoms with E-state index in [1.807, 2.05) is 37.3 Å². The maximum absolute atomic E-state index is 12.2. The minimum atomic E-state index is 0.0602. The fourth-order valence-corrected chi connectivity index (χ4v) is 3.82. The molecule has 1 aliphatic rings. The van der Waals surface area contributed by atoms with Crippen LogP contribution >= 0.6 is 11.3 Å². The van der Waals surface area contributed by atoms with Gasteiger partial charge in [0, 0.05) is 17.0 Å². The number of ketones is 1. The second-order valence-corrected chi connectivity index (χ2v) is 7.45. The van der Waals surface area contributed by atoms with Gasteiger partial charge >= 0.3 is 0 Å². The van der Waals surface area contributed by atoms with Gasteiger partial charge in [0.25, 0.3) is 0 Å². The van der Waals surface area contributed by atoms with Crippen molar-refractivity contribution >= 4 is 23.2 Å². The molecule has 2 heterocycles. The molecule has 0 bridgehead atoms. The van der Waals surface area contributed by atoms with Gasteiger partial charge in [-0.15, -0.1) is 11.3 Å². The van der Waals surface area contributed by atoms with Gasteiger partial charge in [0.1, 0.15) is 5.75 Å². The topological polar surface area (TPSA) is 29.5 Å². The largest absolute Gasteiger partial charge is 0.496 e. The highest BCUT2D eigenvalue weighted by molar-refractivity contribution is 7.14. The van der Waals surface area contributed by atoms with Gasteiger partial charge in [-0.05, 0) is 68.8 Å². The van der Waals surface area contributed by atoms with Crippen molar-refractivity contribution in [1.29, 1.82) is 0 Å². The first kappa shape index (κ1) is 16.9. The number of carbonyl (C=O) groups is 1. The number of carbonyl (C=O) groups excluding carboxylic acids is 1. The highest BCUT2D eigenvalue weighted by Gasteiger charge is 2.14. The molecule has 3 rings (SSSR count). The van der Waals surface area contributed by atoms with Crippen LogP contribution < -0.4 is 4.74 Å². The predicted molar refractivity (Wildman–Crippen MR) is 99.9 cm³/mol. The molecule has 3 nitrogen and oxygen atoms in total. The van der Waals surface area contributed by atoms with Crippen LogP contribution in [0.25, 0.3) is 6.08 Å². The van der Waals surface area contributed by atoms with Crippen LogP contribution in [-0.2, 0) is 6.54 Å². The number of benzene rings is 1. The number of rotatable bonds is 6. The lowest BCUT2D eigenvalue weighted by atomic mass is 10.1. The first-order valence-corrected chi connectivity index (χ1v) is 9.15. The van der Waals surface area contributed by atoms with Crippen LogP contribution in [0.4, 0.5) is 0 Å². The van der Waals surface area contributed by atoms with Crippen LogP contribution in [-0.4, -0.2) is 30.9 Å². The first-order valence-electron chi connectivity index (χ1n) is 8.34. The van der Waals surface area contributed by atoms with Crippen LogP contribution in [0.1, 0.15) is 38.5 Å². The Morgan fingerprint density at radius 2 is 2.04 bits per heavy atom. The van der Waals surface area contributed by atoms with Crippen molar-refractivity contribution in [2.45, 2.75) is 26.3 Å². The van der Waals surface area contributed by atoms with E-state index in [1.165, 1.54) is 29.7 Å². The molecule has 126 valence electrons. The Balaban J connectivity index is 1.75. The maximum Gasteiger partial charge on any atom is 0.195 e. The van der Waals surface area contributed by atoms with Gasteiger partial charge in [-0.2, -0.15) is 0 Å². The lowest BCUT2D eigenvalue weighted by Crippen LogP contribution is -2.18. The van der Waals surface area contributed by atoms with Gasteiger partial charge in [-0.3, -0.25) is 9.69 Å². The quantitative estimate of drug-likeness (QED) is 0.570. The van der Waals surface area contributed by atoms with Crippen molar-refractivity contribution in [2.75, 3.05) is 20.2 Å². The van der Waals surface area contributed by atoms with E-state index in [-0.39, 0.29) is 5.78 Å². The van der Waals surface area contributed by atoms with Crippen molar-refractivity contribution in [3.63, 3.8) is 0 Å². The lowest BCUT2D eigenvalue weighted by molar-refractivity contribution is 0.105. The standard InChI is InChI=1S/C20H23NO2S/c1-15-5-10-20(24-15)18(22)8-6-16-7-9-19(23-2)17(13-16)14-21-11-3-4-12-21/h5-10,13H,3-4,11-12,14H2,1-2H3/b8-6+. The molecule has 1 fully saturated rings. The zero-order valence-corrected chi connectivity index (χ0v) is 15.1. The maximum atomic E-state index is 12.2. The Morgan fingerprint density at radius 1 is 1.25 bits per heavy atom. The Kier molecular flexibility index (Phi) is 5.48. The highest BCUT2D eigenvalue weighted by Crippen LogP contribution is 2.24. The Bertz CT molecular complexity index is 742. The molecule has 0 radical (unpaired) electrons. The first-order chi connectivity index (χ1) is 11.7. The second-order valence-electron chi connectivity index (χ2n) is 6.16. The molecular weight excluding hydrogens is 318 g/mol. The molecule has 2 aromatic rings. The monoisotopic (exact) mass is 341 g/mol. The number of ether oxygens (including phenoxy) is 1. The minimum absolute atomic E-state index is 0.0602. The summed E-state index contributed by atoms with van der Waals surface area (Å²) in [7, 11) is 1.71. The molecule has 1 aromatic carbocycles. The number of hydrogen-bond acceptors (Lipinski definition) is 4. The average molecular weight is 341 g/mol. The number of nitrogens with zero attached hydrogens (tertiary/aromatic N) is 1. The van der Waals surface area contributed by atoms with Gasteiger partial charge in [-0.25, -0.2) is 0 Å². The Labute approximate surface area is 147 Å². The van der Waals surface area contributed by atoms with Gasteiger partial charge in [0.2, 0.25) is 0 Å². The molecular formula is C20H23NO2S. The van der Waals surface area contributed by atoms with Gasteiger partial charge in [0.15, 0.2) is 5.78 Å². The molecule has 0 unspecified atom stereocenters. The summed E-state index contributed by atoms with van der Waals surface area (Å²) in [5, 5.41) is 0. The number of likely N-dealkylation sites (tertiary alicyclic amines) is 1. The van der Waals surface area contributed by atoms with Gasteiger partial charge in [-0.1, -0.05) is 12.1 Å². The summed E-state index contributed by atoms with van der Waals surface area (Å²) in [6, 6.07) is 9.98. The van der Waals surface area contributed by atoms with Crippen molar-refractivity contribution < 1.29 is 9.53 Å². The summed E-state index contributed by atoms with van der Waals surface area (Å²) in [5.74, 6) is 0.976. The van der Waals surface area contributed by atoms with E-state index >= 15 is 0 Å². The normalized spacial score (nSPS) is 15.2. The molecule has 0 spiro atoms. The lowest BCUT2D eigenvalue weighted by Gasteiger charge is -2.17. The molecule has 4 heteroatoms. The molecule has 0 saturated carbocycles. The number of allylic oxidation sites excluding steroid dienone is 1. The summed E-state index contributed by atoms with van der Waals surface area (Å²) >= 11 is 1.53. The summed E-state index contributed by atoms with van der Waals surface area (Å²) in [6.07, 6.45) is 6.10. The van der Waals surface area contributed by atoms with Crippen LogP contribution in [0.2, 0.25) is 0 Å². The molecule has 1 aromatic heterocycles. The SMILES string of the molecule is COc1ccc(/C=C/C(=O)c2ccc(C)s2)cc1CN1CCCC1. The van der Waals surface area contributed by atoms with Crippen LogP contribution in [0.15, 0.2) is 36.4 Å². The average Bonchev–Trinajstić information content (AvgIpc) is 3.24. The van der Waals surface area contributed by atoms with E-state index in [0.717, 1.165) is 40.7 Å². The third kappa shape index (κ3) is 4.13.